The van der Waals surface area contributed by atoms with Crippen LogP contribution in [0.15, 0.2) is 18.2 Å². The van der Waals surface area contributed by atoms with Crippen molar-refractivity contribution < 1.29 is 9.47 Å². The van der Waals surface area contributed by atoms with Crippen molar-refractivity contribution >= 4 is 5.69 Å². The lowest BCUT2D eigenvalue weighted by Gasteiger charge is -2.36. The number of benzene rings is 1. The molecular weight excluding hydrogens is 242 g/mol. The van der Waals surface area contributed by atoms with Crippen molar-refractivity contribution in [3.63, 3.8) is 0 Å². The van der Waals surface area contributed by atoms with Crippen molar-refractivity contribution in [3.8, 4) is 11.5 Å². The predicted octanol–water partition coefficient (Wildman–Crippen LogP) is 0.785. The molecule has 5 nitrogen and oxygen atoms in total. The van der Waals surface area contributed by atoms with Crippen molar-refractivity contribution in [2.45, 2.75) is 0 Å². The normalized spacial score (nSPS) is 16.5. The Hall–Kier alpha value is -1.46. The van der Waals surface area contributed by atoms with Gasteiger partial charge in [0, 0.05) is 63.2 Å². The first-order valence-corrected chi connectivity index (χ1v) is 6.67. The van der Waals surface area contributed by atoms with Crippen LogP contribution < -0.4 is 20.1 Å². The summed E-state index contributed by atoms with van der Waals surface area (Å²) in [6.45, 7) is 5.84. The van der Waals surface area contributed by atoms with E-state index in [1.165, 1.54) is 0 Å². The zero-order valence-corrected chi connectivity index (χ0v) is 11.8. The van der Waals surface area contributed by atoms with Crippen molar-refractivity contribution in [3.05, 3.63) is 18.2 Å². The first kappa shape index (κ1) is 14.0. The molecule has 1 fully saturated rings. The summed E-state index contributed by atoms with van der Waals surface area (Å²) in [5.74, 6) is 1.66. The maximum Gasteiger partial charge on any atom is 0.124 e. The van der Waals surface area contributed by atoms with Crippen molar-refractivity contribution in [2.24, 2.45) is 5.73 Å². The number of anilines is 1. The first-order valence-electron chi connectivity index (χ1n) is 6.67. The van der Waals surface area contributed by atoms with E-state index in [9.17, 15) is 0 Å². The van der Waals surface area contributed by atoms with Gasteiger partial charge in [0.1, 0.15) is 11.5 Å². The van der Waals surface area contributed by atoms with Crippen LogP contribution >= 0.6 is 0 Å². The van der Waals surface area contributed by atoms with Crippen molar-refractivity contribution in [1.29, 1.82) is 0 Å². The van der Waals surface area contributed by atoms with Gasteiger partial charge in [-0.25, -0.2) is 0 Å². The van der Waals surface area contributed by atoms with E-state index in [0.29, 0.717) is 0 Å². The minimum Gasteiger partial charge on any atom is -0.497 e. The standard InChI is InChI=1S/C14H23N3O2/c1-18-13-9-12(10-14(11-13)19-2)17-7-5-16(4-3-15)6-8-17/h9-11H,3-8,15H2,1-2H3. The van der Waals surface area contributed by atoms with Crippen LogP contribution in [0.1, 0.15) is 0 Å². The highest BCUT2D eigenvalue weighted by molar-refractivity contribution is 5.56. The van der Waals surface area contributed by atoms with E-state index >= 15 is 0 Å². The predicted molar refractivity (Wildman–Crippen MR) is 77.3 cm³/mol. The molecule has 0 spiro atoms. The molecule has 2 rings (SSSR count). The smallest absolute Gasteiger partial charge is 0.124 e. The SMILES string of the molecule is COc1cc(OC)cc(N2CCN(CCN)CC2)c1. The second kappa shape index (κ2) is 6.63. The Morgan fingerprint density at radius 2 is 1.58 bits per heavy atom. The lowest BCUT2D eigenvalue weighted by atomic mass is 10.2. The summed E-state index contributed by atoms with van der Waals surface area (Å²) in [6, 6.07) is 6.01. The highest BCUT2D eigenvalue weighted by Crippen LogP contribution is 2.28. The van der Waals surface area contributed by atoms with E-state index in [0.717, 1.165) is 56.5 Å². The van der Waals surface area contributed by atoms with E-state index < -0.39 is 0 Å². The van der Waals surface area contributed by atoms with Gasteiger partial charge in [-0.3, -0.25) is 4.90 Å². The second-order valence-electron chi connectivity index (χ2n) is 4.69. The molecule has 0 atom stereocenters. The number of hydrogen-bond acceptors (Lipinski definition) is 5. The molecule has 19 heavy (non-hydrogen) atoms. The highest BCUT2D eigenvalue weighted by Gasteiger charge is 2.17. The fourth-order valence-corrected chi connectivity index (χ4v) is 2.39. The maximum atomic E-state index is 5.59. The van der Waals surface area contributed by atoms with Gasteiger partial charge in [0.05, 0.1) is 14.2 Å². The van der Waals surface area contributed by atoms with Crippen LogP contribution in [0, 0.1) is 0 Å². The van der Waals surface area contributed by atoms with E-state index in [2.05, 4.69) is 21.9 Å². The van der Waals surface area contributed by atoms with E-state index in [4.69, 9.17) is 15.2 Å². The van der Waals surface area contributed by atoms with Crippen LogP contribution in [0.25, 0.3) is 0 Å². The third kappa shape index (κ3) is 3.52. The quantitative estimate of drug-likeness (QED) is 0.853. The number of nitrogens with two attached hydrogens (primary N) is 1. The van der Waals surface area contributed by atoms with Gasteiger partial charge in [-0.15, -0.1) is 0 Å². The van der Waals surface area contributed by atoms with E-state index in [1.54, 1.807) is 14.2 Å². The van der Waals surface area contributed by atoms with Crippen LogP contribution in [0.5, 0.6) is 11.5 Å². The maximum absolute atomic E-state index is 5.59. The van der Waals surface area contributed by atoms with Crippen LogP contribution in [-0.2, 0) is 0 Å². The summed E-state index contributed by atoms with van der Waals surface area (Å²) in [4.78, 5) is 4.76. The molecule has 0 aromatic heterocycles. The fourth-order valence-electron chi connectivity index (χ4n) is 2.39. The molecule has 0 saturated carbocycles. The largest absolute Gasteiger partial charge is 0.497 e. The Morgan fingerprint density at radius 1 is 1.00 bits per heavy atom. The van der Waals surface area contributed by atoms with Gasteiger partial charge in [0.25, 0.3) is 0 Å². The van der Waals surface area contributed by atoms with E-state index in [1.807, 2.05) is 6.07 Å². The van der Waals surface area contributed by atoms with Gasteiger partial charge < -0.3 is 20.1 Å². The summed E-state index contributed by atoms with van der Waals surface area (Å²) >= 11 is 0. The first-order chi connectivity index (χ1) is 9.26. The molecule has 1 heterocycles. The highest BCUT2D eigenvalue weighted by atomic mass is 16.5. The lowest BCUT2D eigenvalue weighted by Crippen LogP contribution is -2.47. The third-order valence-corrected chi connectivity index (χ3v) is 3.52. The summed E-state index contributed by atoms with van der Waals surface area (Å²) in [7, 11) is 3.36. The topological polar surface area (TPSA) is 51.0 Å². The van der Waals surface area contributed by atoms with Crippen LogP contribution in [0.3, 0.4) is 0 Å². The molecule has 0 unspecified atom stereocenters. The van der Waals surface area contributed by atoms with Crippen molar-refractivity contribution in [1.82, 2.24) is 4.90 Å². The number of hydrogen-bond donors (Lipinski definition) is 1. The molecule has 1 aliphatic heterocycles. The number of nitrogens with zero attached hydrogens (tertiary/aromatic N) is 2. The Labute approximate surface area is 114 Å². The van der Waals surface area contributed by atoms with Gasteiger partial charge >= 0.3 is 0 Å². The lowest BCUT2D eigenvalue weighted by molar-refractivity contribution is 0.264. The van der Waals surface area contributed by atoms with Crippen LogP contribution in [0.2, 0.25) is 0 Å². The number of methoxy groups -OCH3 is 2. The third-order valence-electron chi connectivity index (χ3n) is 3.52. The molecule has 0 radical (unpaired) electrons. The number of rotatable bonds is 5. The number of piperazine rings is 1. The van der Waals surface area contributed by atoms with Gasteiger partial charge in [0.15, 0.2) is 0 Å². The van der Waals surface area contributed by atoms with E-state index in [-0.39, 0.29) is 0 Å². The molecule has 1 aromatic carbocycles. The molecule has 2 N–H and O–H groups in total. The van der Waals surface area contributed by atoms with Gasteiger partial charge in [0.2, 0.25) is 0 Å². The monoisotopic (exact) mass is 265 g/mol. The zero-order chi connectivity index (χ0) is 13.7. The Morgan fingerprint density at radius 3 is 2.05 bits per heavy atom. The minimum absolute atomic E-state index is 0.729. The number of ether oxygens (including phenoxy) is 2. The van der Waals surface area contributed by atoms with Crippen LogP contribution in [0.4, 0.5) is 5.69 Å². The molecular formula is C14H23N3O2. The summed E-state index contributed by atoms with van der Waals surface area (Å²) in [5, 5.41) is 0. The Balaban J connectivity index is 2.06. The average molecular weight is 265 g/mol. The summed E-state index contributed by atoms with van der Waals surface area (Å²) in [6.07, 6.45) is 0. The average Bonchev–Trinajstić information content (AvgIpc) is 2.47. The molecule has 106 valence electrons. The summed E-state index contributed by atoms with van der Waals surface area (Å²) < 4.78 is 10.6. The molecule has 1 aromatic rings. The molecule has 1 saturated heterocycles. The molecule has 0 aliphatic carbocycles. The van der Waals surface area contributed by atoms with Gasteiger partial charge in [-0.2, -0.15) is 0 Å². The summed E-state index contributed by atoms with van der Waals surface area (Å²) in [5.41, 5.74) is 6.75. The molecule has 0 bridgehead atoms. The Kier molecular flexibility index (Phi) is 4.87. The molecule has 1 aliphatic rings. The Bertz CT molecular complexity index is 381. The molecule has 0 amide bonds. The van der Waals surface area contributed by atoms with Crippen LogP contribution in [-0.4, -0.2) is 58.4 Å². The van der Waals surface area contributed by atoms with Gasteiger partial charge in [-0.05, 0) is 0 Å². The van der Waals surface area contributed by atoms with Gasteiger partial charge in [-0.1, -0.05) is 0 Å². The fraction of sp³-hybridized carbons (Fsp3) is 0.571. The minimum atomic E-state index is 0.729. The second-order valence-corrected chi connectivity index (χ2v) is 4.69. The van der Waals surface area contributed by atoms with Crippen molar-refractivity contribution in [2.75, 3.05) is 58.4 Å². The molecule has 5 heteroatoms. The zero-order valence-electron chi connectivity index (χ0n) is 11.8.